The van der Waals surface area contributed by atoms with E-state index in [1.165, 1.54) is 26.2 Å². The zero-order chi connectivity index (χ0) is 32.5. The monoisotopic (exact) mass is 633 g/mol. The summed E-state index contributed by atoms with van der Waals surface area (Å²) in [5.41, 5.74) is 14.1. The Morgan fingerprint density at radius 1 is 1.04 bits per heavy atom. The first-order chi connectivity index (χ1) is 21.3. The van der Waals surface area contributed by atoms with Gasteiger partial charge in [0.05, 0.1) is 6.04 Å². The number of carbonyl (C=O) groups excluding carboxylic acids is 3. The third kappa shape index (κ3) is 6.96. The highest BCUT2D eigenvalue weighted by Crippen LogP contribution is 2.66. The minimum atomic E-state index is -0.751. The smallest absolute Gasteiger partial charge is 0.302 e. The van der Waals surface area contributed by atoms with Crippen LogP contribution in [0.25, 0.3) is 0 Å². The van der Waals surface area contributed by atoms with Crippen molar-refractivity contribution in [3.8, 4) is 0 Å². The number of ether oxygens (including phenoxy) is 1. The Morgan fingerprint density at radius 2 is 1.78 bits per heavy atom. The van der Waals surface area contributed by atoms with Crippen molar-refractivity contribution in [2.45, 2.75) is 128 Å². The van der Waals surface area contributed by atoms with Crippen molar-refractivity contribution in [1.82, 2.24) is 21.0 Å². The molecule has 0 aromatic heterocycles. The first-order valence-corrected chi connectivity index (χ1v) is 17.1. The Bertz CT molecular complexity index is 1140. The van der Waals surface area contributed by atoms with Gasteiger partial charge in [-0.2, -0.15) is 0 Å². The molecule has 254 valence electrons. The molecule has 0 aromatic rings. The van der Waals surface area contributed by atoms with Crippen LogP contribution in [0, 0.1) is 34.5 Å². The summed E-state index contributed by atoms with van der Waals surface area (Å²) < 4.78 is 5.64. The lowest BCUT2D eigenvalue weighted by molar-refractivity contribution is -0.329. The van der Waals surface area contributed by atoms with E-state index in [9.17, 15) is 14.4 Å². The highest BCUT2D eigenvalue weighted by atomic mass is 16.8. The zero-order valence-corrected chi connectivity index (χ0v) is 27.2. The molecule has 1 saturated heterocycles. The van der Waals surface area contributed by atoms with E-state index in [0.717, 1.165) is 44.9 Å². The number of hydrogen-bond donors (Lipinski definition) is 6. The highest BCUT2D eigenvalue weighted by molar-refractivity contribution is 5.90. The standard InChI is InChI=1S/C32H55N7O6/c1-19(40)45-21-12-14-31(2)20(18-21)8-9-22-23-10-11-27(32(23,3)15-13-24(22)31)36-28(41)26-7-5-17-38(26)29(42)25(33)6-4-16-35-30(34)37-39(43)44/h20-27,43-44H,4-18,33H2,1-3H3,(H,36,41)(H3,34,35,37). The first kappa shape index (κ1) is 33.9. The number of guanidine groups is 1. The van der Waals surface area contributed by atoms with Gasteiger partial charge in [-0.25, -0.2) is 5.43 Å². The molecule has 0 bridgehead atoms. The molecular weight excluding hydrogens is 578 g/mol. The normalized spacial score (nSPS) is 38.6. The van der Waals surface area contributed by atoms with Gasteiger partial charge >= 0.3 is 5.97 Å². The predicted octanol–water partition coefficient (Wildman–Crippen LogP) is 2.44. The fourth-order valence-electron chi connectivity index (χ4n) is 10.4. The van der Waals surface area contributed by atoms with Gasteiger partial charge in [0.2, 0.25) is 17.8 Å². The Kier molecular flexibility index (Phi) is 10.3. The van der Waals surface area contributed by atoms with E-state index in [4.69, 9.17) is 26.6 Å². The molecule has 0 radical (unpaired) electrons. The van der Waals surface area contributed by atoms with Crippen molar-refractivity contribution in [2.75, 3.05) is 13.1 Å². The van der Waals surface area contributed by atoms with E-state index in [0.29, 0.717) is 54.9 Å². The zero-order valence-electron chi connectivity index (χ0n) is 27.2. The van der Waals surface area contributed by atoms with Crippen LogP contribution in [0.5, 0.6) is 0 Å². The molecule has 5 aliphatic rings. The van der Waals surface area contributed by atoms with Crippen LogP contribution in [0.4, 0.5) is 0 Å². The molecule has 5 fully saturated rings. The highest BCUT2D eigenvalue weighted by Gasteiger charge is 2.60. The summed E-state index contributed by atoms with van der Waals surface area (Å²) in [6.07, 6.45) is 12.2. The lowest BCUT2D eigenvalue weighted by atomic mass is 9.45. The summed E-state index contributed by atoms with van der Waals surface area (Å²) in [6, 6.07) is -1.14. The molecule has 10 atom stereocenters. The fraction of sp³-hybridized carbons (Fsp3) is 0.875. The average Bonchev–Trinajstić information content (AvgIpc) is 3.59. The van der Waals surface area contributed by atoms with Crippen molar-refractivity contribution in [3.63, 3.8) is 0 Å². The number of nitrogens with one attached hydrogen (secondary N) is 2. The molecule has 45 heavy (non-hydrogen) atoms. The maximum atomic E-state index is 13.7. The van der Waals surface area contributed by atoms with Gasteiger partial charge in [0.25, 0.3) is 0 Å². The van der Waals surface area contributed by atoms with Crippen molar-refractivity contribution in [1.29, 1.82) is 0 Å². The van der Waals surface area contributed by atoms with Crippen molar-refractivity contribution in [2.24, 2.45) is 51.0 Å². The molecule has 2 amide bonds. The number of esters is 1. The van der Waals surface area contributed by atoms with Crippen LogP contribution < -0.4 is 22.2 Å². The minimum absolute atomic E-state index is 0.0532. The number of likely N-dealkylation sites (tertiary alicyclic amines) is 1. The molecule has 13 heteroatoms. The summed E-state index contributed by atoms with van der Waals surface area (Å²) in [4.78, 5) is 44.3. The van der Waals surface area contributed by atoms with Crippen LogP contribution in [0.15, 0.2) is 4.99 Å². The van der Waals surface area contributed by atoms with Gasteiger partial charge in [0.15, 0.2) is 0 Å². The lowest BCUT2D eigenvalue weighted by Gasteiger charge is -2.61. The Morgan fingerprint density at radius 3 is 2.51 bits per heavy atom. The molecule has 4 saturated carbocycles. The van der Waals surface area contributed by atoms with Crippen LogP contribution >= 0.6 is 0 Å². The van der Waals surface area contributed by atoms with Crippen LogP contribution in [0.2, 0.25) is 0 Å². The number of rotatable bonds is 9. The van der Waals surface area contributed by atoms with E-state index in [-0.39, 0.29) is 53.2 Å². The summed E-state index contributed by atoms with van der Waals surface area (Å²) in [5.74, 6) is 1.94. The second-order valence-electron chi connectivity index (χ2n) is 15.0. The van der Waals surface area contributed by atoms with E-state index in [1.807, 2.05) is 5.43 Å². The fourth-order valence-corrected chi connectivity index (χ4v) is 10.4. The SMILES string of the molecule is CC(=O)OC1CCC2(C)C(CCC3C2CCC2(C)C(NC(=O)C4CCCN4C(=O)C(N)CCCN=C(N)NN(O)O)CCC32)C1. The Hall–Kier alpha value is -2.48. The molecule has 4 aliphatic carbocycles. The maximum Gasteiger partial charge on any atom is 0.302 e. The van der Waals surface area contributed by atoms with E-state index >= 15 is 0 Å². The van der Waals surface area contributed by atoms with Crippen molar-refractivity contribution >= 4 is 23.7 Å². The number of amides is 2. The molecule has 10 unspecified atom stereocenters. The molecule has 13 nitrogen and oxygen atoms in total. The maximum absolute atomic E-state index is 13.7. The average molecular weight is 634 g/mol. The van der Waals surface area contributed by atoms with Gasteiger partial charge in [-0.3, -0.25) is 29.8 Å². The second-order valence-corrected chi connectivity index (χ2v) is 15.0. The van der Waals surface area contributed by atoms with Crippen LogP contribution in [0.1, 0.15) is 104 Å². The molecule has 1 heterocycles. The van der Waals surface area contributed by atoms with Gasteiger partial charge in [0.1, 0.15) is 12.1 Å². The second kappa shape index (κ2) is 13.7. The summed E-state index contributed by atoms with van der Waals surface area (Å²) >= 11 is 0. The number of carbonyl (C=O) groups is 3. The van der Waals surface area contributed by atoms with Gasteiger partial charge < -0.3 is 26.4 Å². The van der Waals surface area contributed by atoms with E-state index in [1.54, 1.807) is 4.90 Å². The summed E-state index contributed by atoms with van der Waals surface area (Å²) in [6.45, 7) is 7.20. The Labute approximate surface area is 266 Å². The number of nitrogens with zero attached hydrogens (tertiary/aromatic N) is 3. The summed E-state index contributed by atoms with van der Waals surface area (Å²) in [5, 5.41) is 20.6. The molecule has 1 aliphatic heterocycles. The van der Waals surface area contributed by atoms with Crippen LogP contribution in [-0.4, -0.2) is 81.7 Å². The van der Waals surface area contributed by atoms with E-state index < -0.39 is 12.1 Å². The van der Waals surface area contributed by atoms with Gasteiger partial charge in [0, 0.05) is 31.4 Å². The molecule has 0 aromatic carbocycles. The lowest BCUT2D eigenvalue weighted by Crippen LogP contribution is -2.58. The molecule has 0 spiro atoms. The molecular formula is C32H55N7O6. The van der Waals surface area contributed by atoms with Gasteiger partial charge in [-0.15, -0.1) is 0 Å². The largest absolute Gasteiger partial charge is 0.463 e. The van der Waals surface area contributed by atoms with Crippen LogP contribution in [-0.2, 0) is 19.1 Å². The first-order valence-electron chi connectivity index (χ1n) is 17.1. The third-order valence-corrected chi connectivity index (χ3v) is 12.6. The number of nitrogens with two attached hydrogens (primary N) is 2. The summed E-state index contributed by atoms with van der Waals surface area (Å²) in [7, 11) is 0. The predicted molar refractivity (Wildman–Crippen MR) is 166 cm³/mol. The van der Waals surface area contributed by atoms with Gasteiger partial charge in [-0.1, -0.05) is 13.8 Å². The molecule has 8 N–H and O–H groups in total. The van der Waals surface area contributed by atoms with Gasteiger partial charge in [-0.05, 0) is 118 Å². The van der Waals surface area contributed by atoms with Crippen LogP contribution in [0.3, 0.4) is 0 Å². The van der Waals surface area contributed by atoms with Crippen molar-refractivity contribution < 1.29 is 29.5 Å². The number of fused-ring (bicyclic) bond motifs is 5. The number of hydrogen-bond acceptors (Lipinski definition) is 9. The molecule has 5 rings (SSSR count). The van der Waals surface area contributed by atoms with E-state index in [2.05, 4.69) is 24.2 Å². The Balaban J connectivity index is 1.16. The quantitative estimate of drug-likeness (QED) is 0.0721. The number of aliphatic imine (C=N–C) groups is 1. The topological polar surface area (TPSA) is 196 Å². The van der Waals surface area contributed by atoms with Crippen molar-refractivity contribution in [3.05, 3.63) is 0 Å². The third-order valence-electron chi connectivity index (χ3n) is 12.6. The minimum Gasteiger partial charge on any atom is -0.463 e. The number of hydrazine groups is 1.